The number of hydrogen-bond acceptors (Lipinski definition) is 3. The molecular formula is C10H15N5. The molecule has 0 aliphatic carbocycles. The van der Waals surface area contributed by atoms with E-state index in [4.69, 9.17) is 0 Å². The number of aromatic nitrogens is 4. The summed E-state index contributed by atoms with van der Waals surface area (Å²) in [4.78, 5) is 4.32. The molecule has 15 heavy (non-hydrogen) atoms. The summed E-state index contributed by atoms with van der Waals surface area (Å²) in [6.07, 6.45) is 5.72. The lowest BCUT2D eigenvalue weighted by atomic mass is 10.1. The maximum Gasteiger partial charge on any atom is 0.0956 e. The summed E-state index contributed by atoms with van der Waals surface area (Å²) in [7, 11) is 5.78. The lowest BCUT2D eigenvalue weighted by Crippen LogP contribution is -2.18. The van der Waals surface area contributed by atoms with Crippen molar-refractivity contribution in [3.8, 4) is 0 Å². The summed E-state index contributed by atoms with van der Waals surface area (Å²) in [6, 6.07) is 2.06. The van der Waals surface area contributed by atoms with Crippen LogP contribution in [0.5, 0.6) is 0 Å². The highest BCUT2D eigenvalue weighted by Gasteiger charge is 2.16. The van der Waals surface area contributed by atoms with Crippen LogP contribution in [0.1, 0.15) is 17.4 Å². The molecule has 0 saturated carbocycles. The first-order chi connectivity index (χ1) is 7.20. The molecule has 0 aliphatic heterocycles. The van der Waals surface area contributed by atoms with Crippen LogP contribution in [-0.2, 0) is 14.1 Å². The first-order valence-electron chi connectivity index (χ1n) is 4.85. The third-order valence-corrected chi connectivity index (χ3v) is 2.34. The number of aryl methyl sites for hydroxylation is 2. The highest BCUT2D eigenvalue weighted by molar-refractivity contribution is 5.18. The molecule has 0 spiro atoms. The molecular weight excluding hydrogens is 190 g/mol. The number of nitrogens with zero attached hydrogens (tertiary/aromatic N) is 4. The van der Waals surface area contributed by atoms with Gasteiger partial charge in [0.05, 0.1) is 23.8 Å². The van der Waals surface area contributed by atoms with Crippen LogP contribution >= 0.6 is 0 Å². The van der Waals surface area contributed by atoms with Gasteiger partial charge in [-0.3, -0.25) is 4.68 Å². The van der Waals surface area contributed by atoms with E-state index in [-0.39, 0.29) is 6.04 Å². The lowest BCUT2D eigenvalue weighted by molar-refractivity contribution is 0.630. The number of hydrogen-bond donors (Lipinski definition) is 1. The maximum absolute atomic E-state index is 4.37. The molecule has 2 aromatic heterocycles. The van der Waals surface area contributed by atoms with Crippen molar-refractivity contribution >= 4 is 0 Å². The molecule has 1 N–H and O–H groups in total. The molecule has 2 heterocycles. The van der Waals surface area contributed by atoms with Crippen LogP contribution in [0, 0.1) is 0 Å². The zero-order valence-electron chi connectivity index (χ0n) is 9.18. The summed E-state index contributed by atoms with van der Waals surface area (Å²) >= 11 is 0. The van der Waals surface area contributed by atoms with Crippen molar-refractivity contribution in [3.05, 3.63) is 36.2 Å². The third-order valence-electron chi connectivity index (χ3n) is 2.34. The first kappa shape index (κ1) is 9.92. The molecule has 2 aromatic rings. The molecule has 2 rings (SSSR count). The fraction of sp³-hybridized carbons (Fsp3) is 0.400. The average molecular weight is 205 g/mol. The van der Waals surface area contributed by atoms with E-state index >= 15 is 0 Å². The van der Waals surface area contributed by atoms with E-state index < -0.39 is 0 Å². The molecule has 0 saturated heterocycles. The predicted octanol–water partition coefficient (Wildman–Crippen LogP) is 0.462. The van der Waals surface area contributed by atoms with Gasteiger partial charge in [-0.2, -0.15) is 5.10 Å². The molecule has 80 valence electrons. The van der Waals surface area contributed by atoms with Crippen molar-refractivity contribution in [3.63, 3.8) is 0 Å². The third kappa shape index (κ3) is 1.92. The summed E-state index contributed by atoms with van der Waals surface area (Å²) < 4.78 is 3.73. The van der Waals surface area contributed by atoms with Crippen molar-refractivity contribution in [2.45, 2.75) is 6.04 Å². The van der Waals surface area contributed by atoms with Gasteiger partial charge in [0, 0.05) is 26.5 Å². The van der Waals surface area contributed by atoms with Crippen molar-refractivity contribution < 1.29 is 0 Å². The van der Waals surface area contributed by atoms with Crippen LogP contribution in [0.3, 0.4) is 0 Å². The van der Waals surface area contributed by atoms with Gasteiger partial charge in [0.2, 0.25) is 0 Å². The fourth-order valence-electron chi connectivity index (χ4n) is 1.62. The van der Waals surface area contributed by atoms with Gasteiger partial charge in [0.15, 0.2) is 0 Å². The average Bonchev–Trinajstić information content (AvgIpc) is 2.78. The second-order valence-corrected chi connectivity index (χ2v) is 3.60. The molecule has 5 nitrogen and oxygen atoms in total. The van der Waals surface area contributed by atoms with Crippen LogP contribution in [0.4, 0.5) is 0 Å². The molecule has 0 amide bonds. The number of imidazole rings is 1. The largest absolute Gasteiger partial charge is 0.340 e. The molecule has 1 unspecified atom stereocenters. The van der Waals surface area contributed by atoms with E-state index in [9.17, 15) is 0 Å². The standard InChI is InChI=1S/C10H15N5/c1-11-10(8-4-5-15(3)13-8)9-6-14(2)7-12-9/h4-7,10-11H,1-3H3. The molecule has 1 atom stereocenters. The Bertz CT molecular complexity index is 402. The maximum atomic E-state index is 4.37. The minimum Gasteiger partial charge on any atom is -0.340 e. The van der Waals surface area contributed by atoms with Crippen LogP contribution in [0.15, 0.2) is 24.8 Å². The molecule has 0 radical (unpaired) electrons. The van der Waals surface area contributed by atoms with Gasteiger partial charge in [-0.25, -0.2) is 4.98 Å². The zero-order chi connectivity index (χ0) is 10.8. The van der Waals surface area contributed by atoms with E-state index in [0.29, 0.717) is 0 Å². The van der Waals surface area contributed by atoms with E-state index in [1.165, 1.54) is 0 Å². The smallest absolute Gasteiger partial charge is 0.0956 e. The topological polar surface area (TPSA) is 47.7 Å². The van der Waals surface area contributed by atoms with E-state index in [1.807, 2.05) is 44.2 Å². The first-order valence-corrected chi connectivity index (χ1v) is 4.85. The van der Waals surface area contributed by atoms with Gasteiger partial charge in [0.1, 0.15) is 0 Å². The van der Waals surface area contributed by atoms with Crippen molar-refractivity contribution in [1.29, 1.82) is 0 Å². The normalized spacial score (nSPS) is 13.0. The fourth-order valence-corrected chi connectivity index (χ4v) is 1.62. The Balaban J connectivity index is 2.32. The van der Waals surface area contributed by atoms with Crippen LogP contribution in [-0.4, -0.2) is 26.4 Å². The van der Waals surface area contributed by atoms with Crippen LogP contribution in [0.25, 0.3) is 0 Å². The Morgan fingerprint density at radius 1 is 1.33 bits per heavy atom. The molecule has 0 bridgehead atoms. The number of rotatable bonds is 3. The van der Waals surface area contributed by atoms with Crippen LogP contribution in [0.2, 0.25) is 0 Å². The monoisotopic (exact) mass is 205 g/mol. The Morgan fingerprint density at radius 2 is 2.13 bits per heavy atom. The Hall–Kier alpha value is -1.62. The highest BCUT2D eigenvalue weighted by Crippen LogP contribution is 2.17. The summed E-state index contributed by atoms with van der Waals surface area (Å²) in [6.45, 7) is 0. The molecule has 0 aliphatic rings. The highest BCUT2D eigenvalue weighted by atomic mass is 15.3. The van der Waals surface area contributed by atoms with Crippen molar-refractivity contribution in [2.75, 3.05) is 7.05 Å². The van der Waals surface area contributed by atoms with Crippen molar-refractivity contribution in [1.82, 2.24) is 24.6 Å². The Morgan fingerprint density at radius 3 is 2.60 bits per heavy atom. The van der Waals surface area contributed by atoms with Gasteiger partial charge in [-0.15, -0.1) is 0 Å². The second-order valence-electron chi connectivity index (χ2n) is 3.60. The number of nitrogens with one attached hydrogen (secondary N) is 1. The van der Waals surface area contributed by atoms with Gasteiger partial charge >= 0.3 is 0 Å². The van der Waals surface area contributed by atoms with Gasteiger partial charge in [-0.05, 0) is 13.1 Å². The summed E-state index contributed by atoms with van der Waals surface area (Å²) in [5.74, 6) is 0. The SMILES string of the molecule is CNC(c1cn(C)cn1)c1ccn(C)n1. The van der Waals surface area contributed by atoms with Gasteiger partial charge < -0.3 is 9.88 Å². The minimum absolute atomic E-state index is 0.0624. The molecule has 0 fully saturated rings. The Labute approximate surface area is 88.7 Å². The van der Waals surface area contributed by atoms with E-state index in [1.54, 1.807) is 11.0 Å². The quantitative estimate of drug-likeness (QED) is 0.792. The van der Waals surface area contributed by atoms with Gasteiger partial charge in [0.25, 0.3) is 0 Å². The predicted molar refractivity (Wildman–Crippen MR) is 57.3 cm³/mol. The van der Waals surface area contributed by atoms with E-state index in [0.717, 1.165) is 11.4 Å². The lowest BCUT2D eigenvalue weighted by Gasteiger charge is -2.10. The van der Waals surface area contributed by atoms with Gasteiger partial charge in [-0.1, -0.05) is 0 Å². The second kappa shape index (κ2) is 3.86. The van der Waals surface area contributed by atoms with E-state index in [2.05, 4.69) is 15.4 Å². The summed E-state index contributed by atoms with van der Waals surface area (Å²) in [5.41, 5.74) is 1.97. The van der Waals surface area contributed by atoms with Crippen molar-refractivity contribution in [2.24, 2.45) is 14.1 Å². The van der Waals surface area contributed by atoms with Crippen LogP contribution < -0.4 is 5.32 Å². The molecule has 5 heteroatoms. The summed E-state index contributed by atoms with van der Waals surface area (Å²) in [5, 5.41) is 7.58. The molecule has 0 aromatic carbocycles. The minimum atomic E-state index is 0.0624. The Kier molecular flexibility index (Phi) is 2.55. The zero-order valence-corrected chi connectivity index (χ0v) is 9.18.